The number of hydrogen-bond acceptors (Lipinski definition) is 8. The Bertz CT molecular complexity index is 1220. The molecule has 1 amide bonds. The van der Waals surface area contributed by atoms with Crippen LogP contribution >= 0.6 is 0 Å². The van der Waals surface area contributed by atoms with Gasteiger partial charge in [-0.3, -0.25) is 14.6 Å². The van der Waals surface area contributed by atoms with Crippen molar-refractivity contribution in [2.24, 2.45) is 4.99 Å². The third kappa shape index (κ3) is 7.20. The van der Waals surface area contributed by atoms with Crippen LogP contribution in [0.15, 0.2) is 64.5 Å². The minimum Gasteiger partial charge on any atom is -0.481 e. The van der Waals surface area contributed by atoms with Gasteiger partial charge in [-0.15, -0.1) is 0 Å². The molecule has 12 heteroatoms. The second-order valence-electron chi connectivity index (χ2n) is 8.99. The number of carboxylic acid groups (broad SMARTS) is 1. The summed E-state index contributed by atoms with van der Waals surface area (Å²) in [5.74, 6) is -0.988. The highest BCUT2D eigenvalue weighted by molar-refractivity contribution is 7.89. The molecular formula is C25H32N6O5S. The van der Waals surface area contributed by atoms with E-state index in [-0.39, 0.29) is 4.90 Å². The van der Waals surface area contributed by atoms with Gasteiger partial charge in [-0.25, -0.2) is 8.42 Å². The number of carbonyl (C=O) groups is 2. The molecule has 0 saturated carbocycles. The summed E-state index contributed by atoms with van der Waals surface area (Å²) in [6, 6.07) is 14.9. The summed E-state index contributed by atoms with van der Waals surface area (Å²) in [6.07, 6.45) is 1.21. The first-order valence-electron chi connectivity index (χ1n) is 12.3. The first-order valence-corrected chi connectivity index (χ1v) is 13.8. The van der Waals surface area contributed by atoms with Crippen molar-refractivity contribution in [1.82, 2.24) is 20.7 Å². The molecule has 5 N–H and O–H groups in total. The standard InChI is InChI=1S/C25H32N6O5S/c32-23(33)16-22(30-37(35,36)21-7-2-1-3-8-21)29-24(34)18-9-11-19(12-10-18)31-15-4-6-20(31)17-28-25-26-13-5-14-27-25/h1-3,7-12,20,22,30H,4-6,13-17H2,(H,29,34)(H,32,33)(H2,26,27,28). The van der Waals surface area contributed by atoms with Crippen molar-refractivity contribution >= 4 is 33.5 Å². The first kappa shape index (κ1) is 26.4. The molecule has 1 fully saturated rings. The summed E-state index contributed by atoms with van der Waals surface area (Å²) in [7, 11) is -4.02. The summed E-state index contributed by atoms with van der Waals surface area (Å²) in [4.78, 5) is 30.9. The average Bonchev–Trinajstić information content (AvgIpc) is 3.37. The average molecular weight is 529 g/mol. The largest absolute Gasteiger partial charge is 0.481 e. The number of hydrogen-bond donors (Lipinski definition) is 5. The van der Waals surface area contributed by atoms with Gasteiger partial charge in [0.1, 0.15) is 6.17 Å². The SMILES string of the molecule is O=C(O)CC(NC(=O)c1ccc(N2CCCC2CNC2=NCCCN2)cc1)NS(=O)(=O)c1ccccc1. The van der Waals surface area contributed by atoms with Gasteiger partial charge in [0.25, 0.3) is 5.91 Å². The van der Waals surface area contributed by atoms with E-state index in [1.54, 1.807) is 30.3 Å². The third-order valence-electron chi connectivity index (χ3n) is 6.28. The summed E-state index contributed by atoms with van der Waals surface area (Å²) >= 11 is 0. The maximum Gasteiger partial charge on any atom is 0.306 e. The number of anilines is 1. The summed E-state index contributed by atoms with van der Waals surface area (Å²) in [5.41, 5.74) is 1.28. The van der Waals surface area contributed by atoms with Crippen molar-refractivity contribution in [3.8, 4) is 0 Å². The van der Waals surface area contributed by atoms with E-state index in [4.69, 9.17) is 0 Å². The van der Waals surface area contributed by atoms with Gasteiger partial charge in [0.05, 0.1) is 11.3 Å². The molecule has 0 spiro atoms. The van der Waals surface area contributed by atoms with Crippen LogP contribution in [0.5, 0.6) is 0 Å². The fourth-order valence-electron chi connectivity index (χ4n) is 4.45. The lowest BCUT2D eigenvalue weighted by Crippen LogP contribution is -2.49. The number of aliphatic carboxylic acids is 1. The normalized spacial score (nSPS) is 18.4. The number of benzene rings is 2. The Morgan fingerprint density at radius 2 is 1.86 bits per heavy atom. The molecule has 11 nitrogen and oxygen atoms in total. The van der Waals surface area contributed by atoms with E-state index in [9.17, 15) is 23.1 Å². The Labute approximate surface area is 216 Å². The number of guanidine groups is 1. The number of carboxylic acids is 1. The van der Waals surface area contributed by atoms with Gasteiger partial charge in [-0.2, -0.15) is 4.72 Å². The highest BCUT2D eigenvalue weighted by Gasteiger charge is 2.26. The molecule has 198 valence electrons. The van der Waals surface area contributed by atoms with E-state index in [0.29, 0.717) is 11.6 Å². The van der Waals surface area contributed by atoms with Gasteiger partial charge in [0.15, 0.2) is 5.96 Å². The maximum atomic E-state index is 12.9. The molecule has 2 aromatic rings. The molecule has 0 bridgehead atoms. The lowest BCUT2D eigenvalue weighted by molar-refractivity contribution is -0.137. The van der Waals surface area contributed by atoms with Gasteiger partial charge >= 0.3 is 5.97 Å². The van der Waals surface area contributed by atoms with E-state index in [0.717, 1.165) is 57.1 Å². The lowest BCUT2D eigenvalue weighted by Gasteiger charge is -2.28. The monoisotopic (exact) mass is 528 g/mol. The molecule has 2 aliphatic heterocycles. The number of nitrogens with one attached hydrogen (secondary N) is 4. The van der Waals surface area contributed by atoms with Crippen LogP contribution in [0.1, 0.15) is 36.0 Å². The Kier molecular flexibility index (Phi) is 8.62. The van der Waals surface area contributed by atoms with Crippen molar-refractivity contribution in [3.05, 3.63) is 60.2 Å². The minimum absolute atomic E-state index is 0.0232. The van der Waals surface area contributed by atoms with Gasteiger partial charge in [-0.05, 0) is 55.7 Å². The van der Waals surface area contributed by atoms with Crippen molar-refractivity contribution in [1.29, 1.82) is 0 Å². The fraction of sp³-hybridized carbons (Fsp3) is 0.400. The van der Waals surface area contributed by atoms with Crippen LogP contribution in [0.3, 0.4) is 0 Å². The molecule has 2 atom stereocenters. The van der Waals surface area contributed by atoms with Gasteiger partial charge < -0.3 is 26.0 Å². The van der Waals surface area contributed by atoms with E-state index in [1.807, 2.05) is 12.1 Å². The Hall–Kier alpha value is -3.64. The molecule has 4 rings (SSSR count). The second-order valence-corrected chi connectivity index (χ2v) is 10.7. The lowest BCUT2D eigenvalue weighted by atomic mass is 10.1. The van der Waals surface area contributed by atoms with Gasteiger partial charge in [0, 0.05) is 43.5 Å². The van der Waals surface area contributed by atoms with E-state index < -0.39 is 34.5 Å². The minimum atomic E-state index is -4.02. The predicted molar refractivity (Wildman–Crippen MR) is 140 cm³/mol. The second kappa shape index (κ2) is 12.1. The summed E-state index contributed by atoms with van der Waals surface area (Å²) < 4.78 is 27.6. The molecule has 0 aromatic heterocycles. The topological polar surface area (TPSA) is 152 Å². The van der Waals surface area contributed by atoms with Crippen molar-refractivity contribution in [3.63, 3.8) is 0 Å². The van der Waals surface area contributed by atoms with Gasteiger partial charge in [0.2, 0.25) is 10.0 Å². The highest BCUT2D eigenvalue weighted by Crippen LogP contribution is 2.25. The Balaban J connectivity index is 1.39. The molecule has 37 heavy (non-hydrogen) atoms. The Morgan fingerprint density at radius 3 is 2.54 bits per heavy atom. The van der Waals surface area contributed by atoms with Crippen LogP contribution in [0.25, 0.3) is 0 Å². The zero-order valence-electron chi connectivity index (χ0n) is 20.4. The Morgan fingerprint density at radius 1 is 1.11 bits per heavy atom. The number of rotatable bonds is 10. The van der Waals surface area contributed by atoms with Crippen LogP contribution in [0.2, 0.25) is 0 Å². The molecule has 1 saturated heterocycles. The van der Waals surface area contributed by atoms with E-state index in [2.05, 4.69) is 30.6 Å². The van der Waals surface area contributed by atoms with Gasteiger partial charge in [-0.1, -0.05) is 18.2 Å². The molecule has 2 unspecified atom stereocenters. The van der Waals surface area contributed by atoms with E-state index in [1.165, 1.54) is 12.1 Å². The van der Waals surface area contributed by atoms with Crippen LogP contribution in [0.4, 0.5) is 5.69 Å². The van der Waals surface area contributed by atoms with Crippen LogP contribution in [0, 0.1) is 0 Å². The molecule has 2 heterocycles. The first-order chi connectivity index (χ1) is 17.8. The number of aliphatic imine (C=N–C) groups is 1. The van der Waals surface area contributed by atoms with Crippen molar-refractivity contribution in [2.75, 3.05) is 31.1 Å². The van der Waals surface area contributed by atoms with E-state index >= 15 is 0 Å². The zero-order chi connectivity index (χ0) is 26.3. The maximum absolute atomic E-state index is 12.9. The zero-order valence-corrected chi connectivity index (χ0v) is 21.2. The number of sulfonamides is 1. The summed E-state index contributed by atoms with van der Waals surface area (Å²) in [6.45, 7) is 3.41. The van der Waals surface area contributed by atoms with Crippen LogP contribution < -0.4 is 25.6 Å². The van der Waals surface area contributed by atoms with Crippen molar-refractivity contribution < 1.29 is 23.1 Å². The van der Waals surface area contributed by atoms with Crippen molar-refractivity contribution in [2.45, 2.75) is 42.8 Å². The molecule has 2 aromatic carbocycles. The molecule has 0 radical (unpaired) electrons. The molecule has 0 aliphatic carbocycles. The number of amides is 1. The fourth-order valence-corrected chi connectivity index (χ4v) is 5.62. The summed E-state index contributed by atoms with van der Waals surface area (Å²) in [5, 5.41) is 18.4. The molecular weight excluding hydrogens is 496 g/mol. The van der Waals surface area contributed by atoms with Crippen LogP contribution in [-0.2, 0) is 14.8 Å². The quantitative estimate of drug-likeness (QED) is 0.288. The number of nitrogens with zero attached hydrogens (tertiary/aromatic N) is 2. The number of carbonyl (C=O) groups excluding carboxylic acids is 1. The predicted octanol–water partition coefficient (Wildman–Crippen LogP) is 1.10. The third-order valence-corrected chi connectivity index (χ3v) is 7.76. The smallest absolute Gasteiger partial charge is 0.306 e. The molecule has 2 aliphatic rings. The van der Waals surface area contributed by atoms with Crippen LogP contribution in [-0.4, -0.2) is 69.7 Å². The highest BCUT2D eigenvalue weighted by atomic mass is 32.2.